The molecule has 100 valence electrons. The third kappa shape index (κ3) is 3.05. The number of pyridine rings is 1. The molecular weight excluding hydrogens is 286 g/mol. The first-order valence-electron chi connectivity index (χ1n) is 5.49. The summed E-state index contributed by atoms with van der Waals surface area (Å²) in [7, 11) is -2.13. The highest BCUT2D eigenvalue weighted by atomic mass is 35.5. The molecule has 1 aromatic heterocycles. The number of hydrogen-bond donors (Lipinski definition) is 0. The molecule has 0 saturated carbocycles. The topological polar surface area (TPSA) is 56.3 Å². The Labute approximate surface area is 116 Å². The summed E-state index contributed by atoms with van der Waals surface area (Å²) in [6, 6.07) is 8.06. The molecule has 4 nitrogen and oxygen atoms in total. The van der Waals surface area contributed by atoms with Gasteiger partial charge in [-0.3, -0.25) is 4.98 Å². The summed E-state index contributed by atoms with van der Waals surface area (Å²) in [5.74, 6) is 0.0328. The molecule has 0 fully saturated rings. The highest BCUT2D eigenvalue weighted by Gasteiger charge is 2.21. The lowest BCUT2D eigenvalue weighted by molar-refractivity contribution is 0.403. The molecule has 0 aliphatic rings. The van der Waals surface area contributed by atoms with Gasteiger partial charge < -0.3 is 4.74 Å². The Balaban J connectivity index is 2.43. The second-order valence-corrected chi connectivity index (χ2v) is 6.26. The fourth-order valence-electron chi connectivity index (χ4n) is 1.71. The molecule has 1 heterocycles. The average molecular weight is 298 g/mol. The molecule has 0 aliphatic heterocycles. The third-order valence-electron chi connectivity index (χ3n) is 2.55. The maximum Gasteiger partial charge on any atom is 0.186 e. The zero-order valence-electron chi connectivity index (χ0n) is 10.2. The summed E-state index contributed by atoms with van der Waals surface area (Å²) < 4.78 is 29.8. The van der Waals surface area contributed by atoms with Crippen LogP contribution in [0, 0.1) is 0 Å². The van der Waals surface area contributed by atoms with Crippen molar-refractivity contribution in [3.05, 3.63) is 53.3 Å². The summed E-state index contributed by atoms with van der Waals surface area (Å²) >= 11 is 5.94. The van der Waals surface area contributed by atoms with Gasteiger partial charge in [0.2, 0.25) is 0 Å². The van der Waals surface area contributed by atoms with Gasteiger partial charge in [-0.15, -0.1) is 0 Å². The van der Waals surface area contributed by atoms with Crippen LogP contribution in [0.3, 0.4) is 0 Å². The van der Waals surface area contributed by atoms with Gasteiger partial charge in [0.1, 0.15) is 4.90 Å². The molecule has 0 spiro atoms. The highest BCUT2D eigenvalue weighted by molar-refractivity contribution is 7.90. The van der Waals surface area contributed by atoms with Crippen LogP contribution in [0.5, 0.6) is 5.75 Å². The first-order chi connectivity index (χ1) is 9.04. The minimum absolute atomic E-state index is 0.0892. The number of methoxy groups -OCH3 is 1. The molecule has 2 rings (SSSR count). The molecule has 0 radical (unpaired) electrons. The number of rotatable bonds is 4. The van der Waals surface area contributed by atoms with E-state index in [4.69, 9.17) is 16.3 Å². The standard InChI is InChI=1S/C13H12ClNO3S/c1-18-13-11(14)5-2-6-12(13)19(16,17)9-10-4-3-7-15-8-10/h2-8H,9H2,1H3. The minimum atomic E-state index is -3.53. The van der Waals surface area contributed by atoms with Crippen molar-refractivity contribution in [2.75, 3.05) is 7.11 Å². The van der Waals surface area contributed by atoms with Gasteiger partial charge in [0.25, 0.3) is 0 Å². The van der Waals surface area contributed by atoms with Crippen LogP contribution < -0.4 is 4.74 Å². The lowest BCUT2D eigenvalue weighted by Crippen LogP contribution is -2.07. The van der Waals surface area contributed by atoms with E-state index in [0.717, 1.165) is 0 Å². The lowest BCUT2D eigenvalue weighted by Gasteiger charge is -2.10. The summed E-state index contributed by atoms with van der Waals surface area (Å²) in [6.45, 7) is 0. The third-order valence-corrected chi connectivity index (χ3v) is 4.55. The Bertz CT molecular complexity index is 672. The molecule has 0 N–H and O–H groups in total. The van der Waals surface area contributed by atoms with Crippen LogP contribution >= 0.6 is 11.6 Å². The van der Waals surface area contributed by atoms with Gasteiger partial charge in [-0.05, 0) is 23.8 Å². The quantitative estimate of drug-likeness (QED) is 0.870. The van der Waals surface area contributed by atoms with Crippen molar-refractivity contribution in [3.8, 4) is 5.75 Å². The molecular formula is C13H12ClNO3S. The molecule has 6 heteroatoms. The fourth-order valence-corrected chi connectivity index (χ4v) is 3.55. The van der Waals surface area contributed by atoms with Crippen LogP contribution in [0.4, 0.5) is 0 Å². The monoisotopic (exact) mass is 297 g/mol. The number of ether oxygens (including phenoxy) is 1. The molecule has 19 heavy (non-hydrogen) atoms. The van der Waals surface area contributed by atoms with Gasteiger partial charge in [-0.1, -0.05) is 23.7 Å². The number of halogens is 1. The fraction of sp³-hybridized carbons (Fsp3) is 0.154. The lowest BCUT2D eigenvalue weighted by atomic mass is 10.3. The summed E-state index contributed by atoms with van der Waals surface area (Å²) in [5.41, 5.74) is 0.615. The number of benzene rings is 1. The molecule has 0 atom stereocenters. The molecule has 0 aliphatic carbocycles. The van der Waals surface area contributed by atoms with Crippen molar-refractivity contribution in [1.29, 1.82) is 0 Å². The smallest absolute Gasteiger partial charge is 0.186 e. The second kappa shape index (κ2) is 5.59. The molecule has 1 aromatic carbocycles. The van der Waals surface area contributed by atoms with E-state index in [1.54, 1.807) is 30.5 Å². The van der Waals surface area contributed by atoms with Gasteiger partial charge in [0.05, 0.1) is 17.9 Å². The van der Waals surface area contributed by atoms with Crippen molar-refractivity contribution in [1.82, 2.24) is 4.98 Å². The first-order valence-corrected chi connectivity index (χ1v) is 7.52. The van der Waals surface area contributed by atoms with Gasteiger partial charge in [0.15, 0.2) is 15.6 Å². The second-order valence-electron chi connectivity index (χ2n) is 3.89. The number of hydrogen-bond acceptors (Lipinski definition) is 4. The predicted molar refractivity (Wildman–Crippen MR) is 73.1 cm³/mol. The van der Waals surface area contributed by atoms with Crippen LogP contribution in [0.25, 0.3) is 0 Å². The van der Waals surface area contributed by atoms with E-state index in [1.807, 2.05) is 0 Å². The summed E-state index contributed by atoms with van der Waals surface area (Å²) in [6.07, 6.45) is 3.12. The number of para-hydroxylation sites is 1. The van der Waals surface area contributed by atoms with Crippen LogP contribution in [-0.2, 0) is 15.6 Å². The Hall–Kier alpha value is -1.59. The molecule has 0 amide bonds. The number of sulfone groups is 1. The molecule has 0 saturated heterocycles. The maximum atomic E-state index is 12.4. The zero-order chi connectivity index (χ0) is 13.9. The van der Waals surface area contributed by atoms with Crippen LogP contribution in [0.2, 0.25) is 5.02 Å². The van der Waals surface area contributed by atoms with Gasteiger partial charge in [-0.2, -0.15) is 0 Å². The Morgan fingerprint density at radius 1 is 1.26 bits per heavy atom. The molecule has 0 bridgehead atoms. The number of aromatic nitrogens is 1. The Morgan fingerprint density at radius 3 is 2.68 bits per heavy atom. The predicted octanol–water partition coefficient (Wildman–Crippen LogP) is 2.72. The van der Waals surface area contributed by atoms with Crippen molar-refractivity contribution in [2.45, 2.75) is 10.6 Å². The van der Waals surface area contributed by atoms with Crippen LogP contribution in [0.15, 0.2) is 47.6 Å². The van der Waals surface area contributed by atoms with E-state index in [1.165, 1.54) is 19.4 Å². The first kappa shape index (κ1) is 13.8. The maximum absolute atomic E-state index is 12.4. The van der Waals surface area contributed by atoms with E-state index >= 15 is 0 Å². The van der Waals surface area contributed by atoms with Crippen LogP contribution in [0.1, 0.15) is 5.56 Å². The van der Waals surface area contributed by atoms with Gasteiger partial charge >= 0.3 is 0 Å². The van der Waals surface area contributed by atoms with Crippen molar-refractivity contribution < 1.29 is 13.2 Å². The van der Waals surface area contributed by atoms with Gasteiger partial charge in [-0.25, -0.2) is 8.42 Å². The highest BCUT2D eigenvalue weighted by Crippen LogP contribution is 2.33. The summed E-state index contributed by atoms with van der Waals surface area (Å²) in [5, 5.41) is 0.273. The zero-order valence-corrected chi connectivity index (χ0v) is 11.8. The van der Waals surface area contributed by atoms with Crippen molar-refractivity contribution >= 4 is 21.4 Å². The number of nitrogens with zero attached hydrogens (tertiary/aromatic N) is 1. The Morgan fingerprint density at radius 2 is 2.05 bits per heavy atom. The van der Waals surface area contributed by atoms with E-state index in [2.05, 4.69) is 4.98 Å². The van der Waals surface area contributed by atoms with Crippen molar-refractivity contribution in [3.63, 3.8) is 0 Å². The minimum Gasteiger partial charge on any atom is -0.494 e. The molecule has 0 unspecified atom stereocenters. The molecule has 2 aromatic rings. The summed E-state index contributed by atoms with van der Waals surface area (Å²) in [4.78, 5) is 3.99. The largest absolute Gasteiger partial charge is 0.494 e. The Kier molecular flexibility index (Phi) is 4.07. The van der Waals surface area contributed by atoms with E-state index in [0.29, 0.717) is 5.56 Å². The van der Waals surface area contributed by atoms with Gasteiger partial charge in [0, 0.05) is 12.4 Å². The van der Waals surface area contributed by atoms with E-state index in [9.17, 15) is 8.42 Å². The van der Waals surface area contributed by atoms with E-state index in [-0.39, 0.29) is 21.4 Å². The van der Waals surface area contributed by atoms with Crippen LogP contribution in [-0.4, -0.2) is 20.5 Å². The van der Waals surface area contributed by atoms with E-state index < -0.39 is 9.84 Å². The normalized spacial score (nSPS) is 11.3. The SMILES string of the molecule is COc1c(Cl)cccc1S(=O)(=O)Cc1cccnc1. The van der Waals surface area contributed by atoms with Crippen molar-refractivity contribution in [2.24, 2.45) is 0 Å². The average Bonchev–Trinajstić information content (AvgIpc) is 2.39.